The van der Waals surface area contributed by atoms with Crippen LogP contribution in [0.15, 0.2) is 12.1 Å². The quantitative estimate of drug-likeness (QED) is 0.742. The molecule has 0 atom stereocenters. The Kier molecular flexibility index (Phi) is 4.92. The first-order chi connectivity index (χ1) is 9.72. The van der Waals surface area contributed by atoms with Gasteiger partial charge in [-0.2, -0.15) is 0 Å². The Labute approximate surface area is 126 Å². The van der Waals surface area contributed by atoms with E-state index < -0.39 is 0 Å². The zero-order chi connectivity index (χ0) is 13.9. The van der Waals surface area contributed by atoms with Gasteiger partial charge in [0.25, 0.3) is 0 Å². The average molecular weight is 316 g/mol. The van der Waals surface area contributed by atoms with E-state index in [9.17, 15) is 8.78 Å². The summed E-state index contributed by atoms with van der Waals surface area (Å²) in [6.07, 6.45) is 5.03. The summed E-state index contributed by atoms with van der Waals surface area (Å²) < 4.78 is 28.4. The molecule has 0 spiro atoms. The fourth-order valence-electron chi connectivity index (χ4n) is 3.01. The molecule has 0 aliphatic carbocycles. The molecular weight excluding hydrogens is 294 g/mol. The van der Waals surface area contributed by atoms with Crippen LogP contribution in [0.5, 0.6) is 0 Å². The molecule has 2 heterocycles. The lowest BCUT2D eigenvalue weighted by Gasteiger charge is -2.08. The monoisotopic (exact) mass is 316 g/mol. The van der Waals surface area contributed by atoms with Gasteiger partial charge in [0.05, 0.1) is 0 Å². The van der Waals surface area contributed by atoms with Gasteiger partial charge in [-0.1, -0.05) is 0 Å². The predicted molar refractivity (Wildman–Crippen MR) is 86.4 cm³/mol. The third kappa shape index (κ3) is 3.51. The third-order valence-corrected chi connectivity index (χ3v) is 9.07. The number of hydrogen-bond acceptors (Lipinski definition) is 0. The van der Waals surface area contributed by atoms with Crippen molar-refractivity contribution in [2.45, 2.75) is 37.2 Å². The second-order valence-corrected chi connectivity index (χ2v) is 10.4. The Balaban J connectivity index is 1.71. The first-order valence-electron chi connectivity index (χ1n) is 7.47. The van der Waals surface area contributed by atoms with E-state index in [0.29, 0.717) is 11.1 Å². The largest absolute Gasteiger partial charge is 0.206 e. The molecule has 0 saturated carbocycles. The molecule has 0 unspecified atom stereocenters. The molecule has 0 radical (unpaired) electrons. The summed E-state index contributed by atoms with van der Waals surface area (Å²) in [7, 11) is 0.575. The molecule has 2 aliphatic heterocycles. The Hall–Kier alpha value is -0.220. The lowest BCUT2D eigenvalue weighted by molar-refractivity contribution is 0.583. The second-order valence-electron chi connectivity index (χ2n) is 5.78. The highest BCUT2D eigenvalue weighted by Gasteiger charge is 2.28. The molecule has 2 saturated heterocycles. The average Bonchev–Trinajstić information content (AvgIpc) is 3.08. The Morgan fingerprint density at radius 3 is 1.40 bits per heavy atom. The van der Waals surface area contributed by atoms with Crippen LogP contribution < -0.4 is 0 Å². The van der Waals surface area contributed by atoms with Gasteiger partial charge in [-0.05, 0) is 59.6 Å². The summed E-state index contributed by atoms with van der Waals surface area (Å²) in [4.78, 5) is 0. The Morgan fingerprint density at radius 2 is 1.05 bits per heavy atom. The molecule has 1 aromatic rings. The van der Waals surface area contributed by atoms with Crippen LogP contribution in [-0.4, -0.2) is 23.0 Å². The van der Waals surface area contributed by atoms with Gasteiger partial charge < -0.3 is 0 Å². The molecular formula is C16H22F2S2+2. The van der Waals surface area contributed by atoms with Crippen molar-refractivity contribution in [3.8, 4) is 0 Å². The molecule has 0 amide bonds. The minimum atomic E-state index is -0.177. The summed E-state index contributed by atoms with van der Waals surface area (Å²) in [6, 6.07) is 2.96. The van der Waals surface area contributed by atoms with Gasteiger partial charge in [-0.15, -0.1) is 0 Å². The van der Waals surface area contributed by atoms with E-state index in [0.717, 1.165) is 11.5 Å². The predicted octanol–water partition coefficient (Wildman–Crippen LogP) is 3.79. The molecule has 0 N–H and O–H groups in total. The molecule has 20 heavy (non-hydrogen) atoms. The minimum Gasteiger partial charge on any atom is -0.206 e. The Bertz CT molecular complexity index is 420. The molecule has 3 rings (SSSR count). The number of halogens is 2. The number of hydrogen-bond donors (Lipinski definition) is 0. The van der Waals surface area contributed by atoms with Crippen molar-refractivity contribution in [3.05, 3.63) is 34.9 Å². The zero-order valence-electron chi connectivity index (χ0n) is 11.8. The van der Waals surface area contributed by atoms with Crippen molar-refractivity contribution in [2.24, 2.45) is 0 Å². The van der Waals surface area contributed by atoms with E-state index in [4.69, 9.17) is 0 Å². The molecule has 0 bridgehead atoms. The Morgan fingerprint density at radius 1 is 0.700 bits per heavy atom. The minimum absolute atomic E-state index is 0.177. The zero-order valence-corrected chi connectivity index (χ0v) is 13.4. The maximum atomic E-state index is 14.2. The molecule has 2 fully saturated rings. The molecule has 0 nitrogen and oxygen atoms in total. The van der Waals surface area contributed by atoms with E-state index in [-0.39, 0.29) is 33.4 Å². The smallest absolute Gasteiger partial charge is 0.136 e. The number of benzene rings is 1. The van der Waals surface area contributed by atoms with Crippen molar-refractivity contribution in [2.75, 3.05) is 23.0 Å². The lowest BCUT2D eigenvalue weighted by atomic mass is 10.1. The van der Waals surface area contributed by atoms with Gasteiger partial charge in [-0.25, -0.2) is 8.78 Å². The maximum absolute atomic E-state index is 14.2. The standard InChI is InChI=1S/C16H22F2S2/c17-15-10-14(12-20-7-3-4-8-20)16(18)9-13(15)11-19-5-1-2-6-19/h9-10H,1-8,11-12H2/q+2. The van der Waals surface area contributed by atoms with Crippen molar-refractivity contribution in [1.29, 1.82) is 0 Å². The summed E-state index contributed by atoms with van der Waals surface area (Å²) in [5.41, 5.74) is 1.21. The number of rotatable bonds is 4. The highest BCUT2D eigenvalue weighted by Crippen LogP contribution is 2.25. The highest BCUT2D eigenvalue weighted by atomic mass is 32.2. The first-order valence-corrected chi connectivity index (χ1v) is 10.9. The van der Waals surface area contributed by atoms with E-state index in [1.54, 1.807) is 0 Å². The van der Waals surface area contributed by atoms with Crippen LogP contribution in [-0.2, 0) is 33.3 Å². The van der Waals surface area contributed by atoms with Crippen molar-refractivity contribution >= 4 is 21.8 Å². The van der Waals surface area contributed by atoms with Gasteiger partial charge in [-0.3, -0.25) is 0 Å². The summed E-state index contributed by atoms with van der Waals surface area (Å²) in [5.74, 6) is 5.94. The molecule has 0 aromatic heterocycles. The fraction of sp³-hybridized carbons (Fsp3) is 0.625. The van der Waals surface area contributed by atoms with Crippen LogP contribution in [0.4, 0.5) is 8.78 Å². The van der Waals surface area contributed by atoms with Gasteiger partial charge in [0.1, 0.15) is 46.2 Å². The van der Waals surface area contributed by atoms with E-state index in [1.807, 2.05) is 0 Å². The summed E-state index contributed by atoms with van der Waals surface area (Å²) >= 11 is 0. The topological polar surface area (TPSA) is 0 Å². The SMILES string of the molecule is Fc1cc(C[S+]2CCCC2)c(F)cc1C[S+]1CCCC1. The highest BCUT2D eigenvalue weighted by molar-refractivity contribution is 7.96. The van der Waals surface area contributed by atoms with Gasteiger partial charge in [0.15, 0.2) is 0 Å². The molecule has 1 aromatic carbocycles. The van der Waals surface area contributed by atoms with Gasteiger partial charge >= 0.3 is 0 Å². The summed E-state index contributed by atoms with van der Waals surface area (Å²) in [5, 5.41) is 0. The van der Waals surface area contributed by atoms with Crippen LogP contribution in [0.2, 0.25) is 0 Å². The molecule has 2 aliphatic rings. The summed E-state index contributed by atoms with van der Waals surface area (Å²) in [6.45, 7) is 0. The molecule has 110 valence electrons. The van der Waals surface area contributed by atoms with Crippen LogP contribution >= 0.6 is 0 Å². The van der Waals surface area contributed by atoms with Gasteiger partial charge in [0.2, 0.25) is 0 Å². The second kappa shape index (κ2) is 6.69. The van der Waals surface area contributed by atoms with Crippen LogP contribution in [0.25, 0.3) is 0 Å². The van der Waals surface area contributed by atoms with Crippen molar-refractivity contribution in [3.63, 3.8) is 0 Å². The van der Waals surface area contributed by atoms with Crippen LogP contribution in [0.1, 0.15) is 36.8 Å². The maximum Gasteiger partial charge on any atom is 0.136 e. The third-order valence-electron chi connectivity index (χ3n) is 4.17. The lowest BCUT2D eigenvalue weighted by Crippen LogP contribution is -2.11. The van der Waals surface area contributed by atoms with E-state index in [2.05, 4.69) is 0 Å². The fourth-order valence-corrected chi connectivity index (χ4v) is 7.76. The van der Waals surface area contributed by atoms with Crippen LogP contribution in [0, 0.1) is 11.6 Å². The van der Waals surface area contributed by atoms with E-state index >= 15 is 0 Å². The normalized spacial score (nSPS) is 20.9. The van der Waals surface area contributed by atoms with Crippen molar-refractivity contribution < 1.29 is 8.78 Å². The van der Waals surface area contributed by atoms with E-state index in [1.165, 1.54) is 60.8 Å². The van der Waals surface area contributed by atoms with Gasteiger partial charge in [0, 0.05) is 11.1 Å². The first kappa shape index (κ1) is 14.7. The van der Waals surface area contributed by atoms with Crippen LogP contribution in [0.3, 0.4) is 0 Å². The molecule has 4 heteroatoms. The van der Waals surface area contributed by atoms with Crippen molar-refractivity contribution in [1.82, 2.24) is 0 Å².